The van der Waals surface area contributed by atoms with Gasteiger partial charge >= 0.3 is 5.97 Å². The van der Waals surface area contributed by atoms with E-state index < -0.39 is 129 Å². The molecule has 2 aliphatic heterocycles. The number of aliphatic hydroxyl groups excluding tert-OH is 9. The van der Waals surface area contributed by atoms with E-state index in [4.69, 9.17) is 38.3 Å². The molecule has 3 aromatic carbocycles. The zero-order chi connectivity index (χ0) is 47.7. The first-order valence-electron chi connectivity index (χ1n) is 20.0. The Morgan fingerprint density at radius 1 is 0.738 bits per heavy atom. The number of phenols is 4. The number of esters is 1. The van der Waals surface area contributed by atoms with Gasteiger partial charge in [-0.3, -0.25) is 4.79 Å². The molecule has 22 heteroatoms. The highest BCUT2D eigenvalue weighted by atomic mass is 16.7. The first kappa shape index (κ1) is 50.6. The van der Waals surface area contributed by atoms with Crippen molar-refractivity contribution in [1.82, 2.24) is 0 Å². The molecule has 22 nitrogen and oxygen atoms in total. The number of allylic oxidation sites excluding steroid dienone is 1. The second-order valence-corrected chi connectivity index (χ2v) is 15.1. The fourth-order valence-electron chi connectivity index (χ4n) is 6.58. The predicted octanol–water partition coefficient (Wildman–Crippen LogP) is -1.84. The van der Waals surface area contributed by atoms with Crippen molar-refractivity contribution in [3.63, 3.8) is 0 Å². The van der Waals surface area contributed by atoms with Crippen LogP contribution < -0.4 is 4.74 Å². The lowest BCUT2D eigenvalue weighted by atomic mass is 9.98. The summed E-state index contributed by atoms with van der Waals surface area (Å²) in [6.45, 7) is 0.286. The molecular weight excluding hydrogens is 868 g/mol. The Balaban J connectivity index is 1.43. The van der Waals surface area contributed by atoms with Crippen LogP contribution in [0.3, 0.4) is 0 Å². The van der Waals surface area contributed by atoms with Crippen molar-refractivity contribution in [3.8, 4) is 28.7 Å². The Bertz CT molecular complexity index is 2090. The monoisotopic (exact) mass is 920 g/mol. The standard InChI is InChI=1S/C43H52O22/c1-19-26(49)13-25(48)14-29(19)62-39(22-6-10-24(47)11-7-22)30(16-45)63-43-41(65-32(52)12-5-21-3-8-23(46)9-4-21)37(57)36(56)31(64-43)18-60-42-38(58)40(33(53)20(2)61-42)59-17-28(51)35(55)34(54)27(50)15-44/h3-14,16,20,27-28,31,33-38,40-44,46-51,53-58H,15,17-18H2,1-2H3/b12-5+,39-30+. The van der Waals surface area contributed by atoms with Crippen molar-refractivity contribution in [3.05, 3.63) is 89.2 Å². The summed E-state index contributed by atoms with van der Waals surface area (Å²) in [5.41, 5.74) is 0.631. The van der Waals surface area contributed by atoms with Gasteiger partial charge in [0.2, 0.25) is 12.0 Å². The quantitative estimate of drug-likeness (QED) is 0.0272. The van der Waals surface area contributed by atoms with Gasteiger partial charge in [-0.05, 0) is 61.9 Å². The van der Waals surface area contributed by atoms with Crippen molar-refractivity contribution in [2.75, 3.05) is 19.8 Å². The number of ether oxygens (including phenoxy) is 7. The van der Waals surface area contributed by atoms with E-state index in [0.29, 0.717) is 5.56 Å². The lowest BCUT2D eigenvalue weighted by Gasteiger charge is -2.44. The summed E-state index contributed by atoms with van der Waals surface area (Å²) in [6.07, 6.45) is -22.7. The van der Waals surface area contributed by atoms with E-state index in [9.17, 15) is 70.9 Å². The molecule has 0 aliphatic carbocycles. The number of hydrogen-bond donors (Lipinski definition) is 13. The molecular formula is C43H52O22. The predicted molar refractivity (Wildman–Crippen MR) is 218 cm³/mol. The molecule has 2 heterocycles. The van der Waals surface area contributed by atoms with Crippen molar-refractivity contribution >= 4 is 24.1 Å². The van der Waals surface area contributed by atoms with E-state index in [1.54, 1.807) is 0 Å². The molecule has 3 aromatic rings. The van der Waals surface area contributed by atoms with Crippen LogP contribution >= 0.6 is 0 Å². The number of rotatable bonds is 19. The summed E-state index contributed by atoms with van der Waals surface area (Å²) >= 11 is 0. The van der Waals surface area contributed by atoms with E-state index in [1.807, 2.05) is 0 Å². The van der Waals surface area contributed by atoms with Gasteiger partial charge in [-0.15, -0.1) is 0 Å². The molecule has 14 atom stereocenters. The normalized spacial score (nSPS) is 28.1. The highest BCUT2D eigenvalue weighted by Crippen LogP contribution is 2.37. The summed E-state index contributed by atoms with van der Waals surface area (Å²) in [4.78, 5) is 26.1. The molecule has 356 valence electrons. The Hall–Kier alpha value is -5.44. The first-order valence-corrected chi connectivity index (χ1v) is 20.0. The first-order chi connectivity index (χ1) is 30.8. The number of carbonyl (C=O) groups is 2. The minimum Gasteiger partial charge on any atom is -0.508 e. The van der Waals surface area contributed by atoms with E-state index >= 15 is 0 Å². The topological polar surface area (TPSA) is 362 Å². The Kier molecular flexibility index (Phi) is 17.6. The van der Waals surface area contributed by atoms with Crippen LogP contribution in [0.1, 0.15) is 23.6 Å². The Labute approximate surface area is 370 Å². The highest BCUT2D eigenvalue weighted by Gasteiger charge is 2.50. The van der Waals surface area contributed by atoms with Gasteiger partial charge in [0.25, 0.3) is 0 Å². The third-order valence-electron chi connectivity index (χ3n) is 10.4. The molecule has 0 saturated carbocycles. The maximum Gasteiger partial charge on any atom is 0.331 e. The second-order valence-electron chi connectivity index (χ2n) is 15.1. The van der Waals surface area contributed by atoms with Crippen molar-refractivity contribution in [1.29, 1.82) is 0 Å². The van der Waals surface area contributed by atoms with Gasteiger partial charge in [0.05, 0.1) is 25.9 Å². The molecule has 13 N–H and O–H groups in total. The number of aromatic hydroxyl groups is 4. The third-order valence-corrected chi connectivity index (χ3v) is 10.4. The highest BCUT2D eigenvalue weighted by molar-refractivity contribution is 5.87. The number of aldehydes is 1. The number of aliphatic hydroxyl groups is 9. The zero-order valence-corrected chi connectivity index (χ0v) is 34.7. The van der Waals surface area contributed by atoms with Gasteiger partial charge in [-0.25, -0.2) is 4.79 Å². The zero-order valence-electron chi connectivity index (χ0n) is 34.7. The van der Waals surface area contributed by atoms with Crippen LogP contribution in [0.4, 0.5) is 0 Å². The summed E-state index contributed by atoms with van der Waals surface area (Å²) in [6, 6.07) is 12.9. The number of hydrogen-bond acceptors (Lipinski definition) is 22. The second kappa shape index (κ2) is 22.6. The van der Waals surface area contributed by atoms with Crippen molar-refractivity contribution in [2.45, 2.75) is 99.7 Å². The van der Waals surface area contributed by atoms with Gasteiger partial charge in [0, 0.05) is 29.3 Å². The minimum absolute atomic E-state index is 0.0409. The lowest BCUT2D eigenvalue weighted by molar-refractivity contribution is -0.328. The van der Waals surface area contributed by atoms with E-state index in [1.165, 1.54) is 68.5 Å². The third kappa shape index (κ3) is 12.7. The Morgan fingerprint density at radius 2 is 1.37 bits per heavy atom. The molecule has 2 aliphatic rings. The summed E-state index contributed by atoms with van der Waals surface area (Å²) in [5.74, 6) is -3.42. The molecule has 5 rings (SSSR count). The Morgan fingerprint density at radius 3 is 2.00 bits per heavy atom. The molecule has 0 radical (unpaired) electrons. The summed E-state index contributed by atoms with van der Waals surface area (Å²) < 4.78 is 40.2. The molecule has 0 bridgehead atoms. The van der Waals surface area contributed by atoms with Crippen molar-refractivity contribution < 1.29 is 109 Å². The molecule has 14 unspecified atom stereocenters. The van der Waals surface area contributed by atoms with Gasteiger partial charge in [0.1, 0.15) is 89.8 Å². The average molecular weight is 921 g/mol. The minimum atomic E-state index is -2.06. The van der Waals surface area contributed by atoms with Gasteiger partial charge in [0.15, 0.2) is 24.4 Å². The SMILES string of the molecule is Cc1c(O)cc(O)cc1O/C(=C(\C=O)OC1OC(COC2OC(C)C(O)C(OCC(O)C(O)C(O)C(O)CO)C2O)C(O)C(O)C1OC(=O)/C=C/c1ccc(O)cc1)c1ccc(O)cc1. The number of carbonyl (C=O) groups excluding carboxylic acids is 2. The fourth-order valence-corrected chi connectivity index (χ4v) is 6.58. The smallest absolute Gasteiger partial charge is 0.331 e. The summed E-state index contributed by atoms with van der Waals surface area (Å²) in [7, 11) is 0. The maximum atomic E-state index is 13.2. The number of benzene rings is 3. The van der Waals surface area contributed by atoms with E-state index in [-0.39, 0.29) is 40.4 Å². The fraction of sp³-hybridized carbons (Fsp3) is 0.442. The summed E-state index contributed by atoms with van der Waals surface area (Å²) in [5, 5.41) is 134. The van der Waals surface area contributed by atoms with Crippen LogP contribution in [0.2, 0.25) is 0 Å². The largest absolute Gasteiger partial charge is 0.508 e. The van der Waals surface area contributed by atoms with Crippen LogP contribution in [-0.4, -0.2) is 184 Å². The molecule has 0 amide bonds. The molecule has 0 aromatic heterocycles. The maximum absolute atomic E-state index is 13.2. The molecule has 2 fully saturated rings. The van der Waals surface area contributed by atoms with Crippen LogP contribution in [0.15, 0.2) is 72.5 Å². The van der Waals surface area contributed by atoms with E-state index in [2.05, 4.69) is 0 Å². The van der Waals surface area contributed by atoms with E-state index in [0.717, 1.165) is 18.2 Å². The van der Waals surface area contributed by atoms with Crippen LogP contribution in [-0.2, 0) is 38.0 Å². The molecule has 2 saturated heterocycles. The van der Waals surface area contributed by atoms with Crippen LogP contribution in [0.25, 0.3) is 11.8 Å². The number of phenolic OH excluding ortho intramolecular Hbond substituents is 4. The van der Waals surface area contributed by atoms with Crippen molar-refractivity contribution in [2.24, 2.45) is 0 Å². The average Bonchev–Trinajstić information content (AvgIpc) is 3.28. The van der Waals surface area contributed by atoms with Gasteiger partial charge < -0.3 is 99.5 Å². The molecule has 65 heavy (non-hydrogen) atoms. The lowest BCUT2D eigenvalue weighted by Crippen LogP contribution is -2.62. The van der Waals surface area contributed by atoms with Gasteiger partial charge in [-0.2, -0.15) is 0 Å². The van der Waals surface area contributed by atoms with Crippen LogP contribution in [0, 0.1) is 6.92 Å². The van der Waals surface area contributed by atoms with Gasteiger partial charge in [-0.1, -0.05) is 12.1 Å². The van der Waals surface area contributed by atoms with Crippen LogP contribution in [0.5, 0.6) is 28.7 Å². The molecule has 0 spiro atoms.